The third kappa shape index (κ3) is 2.63. The number of aryl methyl sites for hydroxylation is 2. The quantitative estimate of drug-likeness (QED) is 0.642. The summed E-state index contributed by atoms with van der Waals surface area (Å²) in [4.78, 5) is 1.04. The lowest BCUT2D eigenvalue weighted by atomic mass is 10.0. The summed E-state index contributed by atoms with van der Waals surface area (Å²) >= 11 is 11.4. The molecule has 0 fully saturated rings. The Hall–Kier alpha value is -0.390. The van der Waals surface area contributed by atoms with Gasteiger partial charge < -0.3 is 0 Å². The van der Waals surface area contributed by atoms with Crippen molar-refractivity contribution in [1.82, 2.24) is 5.43 Å². The first kappa shape index (κ1) is 14.0. The molecule has 1 aromatic heterocycles. The van der Waals surface area contributed by atoms with Crippen molar-refractivity contribution < 1.29 is 0 Å². The molecule has 0 saturated carbocycles. The molecular weight excluding hydrogens is 332 g/mol. The lowest BCUT2D eigenvalue weighted by Gasteiger charge is -2.18. The summed E-state index contributed by atoms with van der Waals surface area (Å²) in [5, 5.41) is 2.72. The van der Waals surface area contributed by atoms with Crippen molar-refractivity contribution >= 4 is 38.9 Å². The highest BCUT2D eigenvalue weighted by atomic mass is 79.9. The molecule has 0 saturated heterocycles. The zero-order valence-corrected chi connectivity index (χ0v) is 13.3. The molecule has 18 heavy (non-hydrogen) atoms. The van der Waals surface area contributed by atoms with E-state index in [0.29, 0.717) is 0 Å². The number of halogens is 2. The molecule has 1 unspecified atom stereocenters. The summed E-state index contributed by atoms with van der Waals surface area (Å²) in [5.41, 5.74) is 6.36. The van der Waals surface area contributed by atoms with E-state index in [9.17, 15) is 0 Å². The number of nitrogens with two attached hydrogens (primary N) is 1. The standard InChI is InChI=1S/C13H14BrClN2S/c1-7-5-9(6-8(2)11(7)14)12(17-16)13-10(15)3-4-18-13/h3-6,12,17H,16H2,1-2H3. The van der Waals surface area contributed by atoms with Gasteiger partial charge in [-0.3, -0.25) is 5.84 Å². The van der Waals surface area contributed by atoms with Gasteiger partial charge in [0, 0.05) is 9.35 Å². The van der Waals surface area contributed by atoms with Gasteiger partial charge in [-0.05, 0) is 42.0 Å². The molecule has 0 spiro atoms. The van der Waals surface area contributed by atoms with Gasteiger partial charge in [-0.15, -0.1) is 11.3 Å². The predicted molar refractivity (Wildman–Crippen MR) is 82.1 cm³/mol. The zero-order chi connectivity index (χ0) is 13.3. The van der Waals surface area contributed by atoms with E-state index >= 15 is 0 Å². The van der Waals surface area contributed by atoms with Gasteiger partial charge in [-0.1, -0.05) is 39.7 Å². The van der Waals surface area contributed by atoms with E-state index in [1.54, 1.807) is 11.3 Å². The summed E-state index contributed by atoms with van der Waals surface area (Å²) in [6.45, 7) is 4.15. The summed E-state index contributed by atoms with van der Waals surface area (Å²) in [5.74, 6) is 5.69. The Morgan fingerprint density at radius 2 is 1.94 bits per heavy atom. The normalized spacial score (nSPS) is 12.7. The average molecular weight is 346 g/mol. The molecular formula is C13H14BrClN2S. The van der Waals surface area contributed by atoms with Crippen LogP contribution in [0.15, 0.2) is 28.1 Å². The van der Waals surface area contributed by atoms with Crippen LogP contribution >= 0.6 is 38.9 Å². The lowest BCUT2D eigenvalue weighted by Crippen LogP contribution is -2.28. The molecule has 0 aliphatic rings. The zero-order valence-electron chi connectivity index (χ0n) is 10.1. The van der Waals surface area contributed by atoms with Crippen molar-refractivity contribution in [1.29, 1.82) is 0 Å². The Morgan fingerprint density at radius 3 is 2.39 bits per heavy atom. The van der Waals surface area contributed by atoms with Crippen molar-refractivity contribution in [2.75, 3.05) is 0 Å². The molecule has 0 radical (unpaired) electrons. The van der Waals surface area contributed by atoms with Crippen LogP contribution < -0.4 is 11.3 Å². The summed E-state index contributed by atoms with van der Waals surface area (Å²) in [6, 6.07) is 6.07. The van der Waals surface area contributed by atoms with Crippen LogP contribution in [-0.4, -0.2) is 0 Å². The van der Waals surface area contributed by atoms with Gasteiger partial charge in [0.25, 0.3) is 0 Å². The molecule has 5 heteroatoms. The molecule has 1 heterocycles. The second-order valence-electron chi connectivity index (χ2n) is 4.20. The Morgan fingerprint density at radius 1 is 1.33 bits per heavy atom. The van der Waals surface area contributed by atoms with Gasteiger partial charge in [-0.25, -0.2) is 5.43 Å². The van der Waals surface area contributed by atoms with Crippen LogP contribution in [0.25, 0.3) is 0 Å². The monoisotopic (exact) mass is 344 g/mol. The van der Waals surface area contributed by atoms with Crippen LogP contribution in [0.3, 0.4) is 0 Å². The van der Waals surface area contributed by atoms with E-state index < -0.39 is 0 Å². The van der Waals surface area contributed by atoms with E-state index in [2.05, 4.69) is 47.3 Å². The molecule has 2 rings (SSSR count). The number of nitrogens with one attached hydrogen (secondary N) is 1. The second kappa shape index (κ2) is 5.72. The first-order valence-corrected chi connectivity index (χ1v) is 7.55. The van der Waals surface area contributed by atoms with Crippen LogP contribution in [-0.2, 0) is 0 Å². The molecule has 3 N–H and O–H groups in total. The van der Waals surface area contributed by atoms with Crippen LogP contribution in [0.5, 0.6) is 0 Å². The number of hydrazine groups is 1. The fourth-order valence-corrected chi connectivity index (χ4v) is 3.46. The average Bonchev–Trinajstić information content (AvgIpc) is 2.74. The maximum atomic E-state index is 6.18. The van der Waals surface area contributed by atoms with E-state index in [1.807, 2.05) is 11.4 Å². The van der Waals surface area contributed by atoms with Crippen molar-refractivity contribution in [3.05, 3.63) is 54.6 Å². The molecule has 1 aromatic carbocycles. The van der Waals surface area contributed by atoms with E-state index in [-0.39, 0.29) is 6.04 Å². The van der Waals surface area contributed by atoms with Gasteiger partial charge >= 0.3 is 0 Å². The molecule has 2 aromatic rings. The number of hydrogen-bond acceptors (Lipinski definition) is 3. The fraction of sp³-hybridized carbons (Fsp3) is 0.231. The number of rotatable bonds is 3. The maximum Gasteiger partial charge on any atom is 0.0817 e. The minimum absolute atomic E-state index is 0.0667. The summed E-state index contributed by atoms with van der Waals surface area (Å²) in [7, 11) is 0. The molecule has 96 valence electrons. The topological polar surface area (TPSA) is 38.0 Å². The minimum atomic E-state index is -0.0667. The van der Waals surface area contributed by atoms with Gasteiger partial charge in [-0.2, -0.15) is 0 Å². The van der Waals surface area contributed by atoms with Crippen LogP contribution in [0.1, 0.15) is 27.6 Å². The number of hydrogen-bond donors (Lipinski definition) is 2. The smallest absolute Gasteiger partial charge is 0.0817 e. The fourth-order valence-electron chi connectivity index (χ4n) is 1.98. The third-order valence-electron chi connectivity index (χ3n) is 2.87. The van der Waals surface area contributed by atoms with E-state index in [0.717, 1.165) is 19.9 Å². The first-order valence-electron chi connectivity index (χ1n) is 5.50. The Labute approximate surface area is 124 Å². The number of thiophene rings is 1. The van der Waals surface area contributed by atoms with Gasteiger partial charge in [0.2, 0.25) is 0 Å². The lowest BCUT2D eigenvalue weighted by molar-refractivity contribution is 0.645. The predicted octanol–water partition coefficient (Wildman–Crippen LogP) is 4.33. The summed E-state index contributed by atoms with van der Waals surface area (Å²) in [6.07, 6.45) is 0. The molecule has 0 aliphatic carbocycles. The summed E-state index contributed by atoms with van der Waals surface area (Å²) < 4.78 is 1.14. The highest BCUT2D eigenvalue weighted by Gasteiger charge is 2.18. The Bertz CT molecular complexity index is 545. The van der Waals surface area contributed by atoms with Crippen LogP contribution in [0.4, 0.5) is 0 Å². The highest BCUT2D eigenvalue weighted by Crippen LogP contribution is 2.34. The van der Waals surface area contributed by atoms with Gasteiger partial charge in [0.05, 0.1) is 11.1 Å². The van der Waals surface area contributed by atoms with Crippen LogP contribution in [0, 0.1) is 13.8 Å². The highest BCUT2D eigenvalue weighted by molar-refractivity contribution is 9.10. The number of benzene rings is 1. The van der Waals surface area contributed by atoms with E-state index in [4.69, 9.17) is 17.4 Å². The van der Waals surface area contributed by atoms with Gasteiger partial charge in [0.15, 0.2) is 0 Å². The second-order valence-corrected chi connectivity index (χ2v) is 6.35. The van der Waals surface area contributed by atoms with Crippen LogP contribution in [0.2, 0.25) is 5.02 Å². The molecule has 0 bridgehead atoms. The van der Waals surface area contributed by atoms with Gasteiger partial charge in [0.1, 0.15) is 0 Å². The van der Waals surface area contributed by atoms with Crippen molar-refractivity contribution in [3.63, 3.8) is 0 Å². The maximum absolute atomic E-state index is 6.18. The minimum Gasteiger partial charge on any atom is -0.271 e. The molecule has 2 nitrogen and oxygen atoms in total. The Balaban J connectivity index is 2.49. The van der Waals surface area contributed by atoms with E-state index in [1.165, 1.54) is 11.1 Å². The molecule has 0 aliphatic heterocycles. The van der Waals surface area contributed by atoms with Crippen molar-refractivity contribution in [3.8, 4) is 0 Å². The third-order valence-corrected chi connectivity index (χ3v) is 5.54. The van der Waals surface area contributed by atoms with Crippen molar-refractivity contribution in [2.45, 2.75) is 19.9 Å². The molecule has 1 atom stereocenters. The Kier molecular flexibility index (Phi) is 4.45. The largest absolute Gasteiger partial charge is 0.271 e. The first-order chi connectivity index (χ1) is 8.54. The SMILES string of the molecule is Cc1cc(C(NN)c2sccc2Cl)cc(C)c1Br. The van der Waals surface area contributed by atoms with Crippen molar-refractivity contribution in [2.24, 2.45) is 5.84 Å². The molecule has 0 amide bonds.